The number of carboxylic acid groups (broad SMARTS) is 1. The lowest BCUT2D eigenvalue weighted by Crippen LogP contribution is -2.37. The SMILES string of the molecule is O=C(O)c1ccc2c(c1)CN(C(=O)Cc1ccsc1)CC2. The Morgan fingerprint density at radius 3 is 2.81 bits per heavy atom. The fraction of sp³-hybridized carbons (Fsp3) is 0.250. The Morgan fingerprint density at radius 1 is 1.24 bits per heavy atom. The number of fused-ring (bicyclic) bond motifs is 1. The fourth-order valence-corrected chi connectivity index (χ4v) is 3.25. The van der Waals surface area contributed by atoms with Crippen LogP contribution in [0.25, 0.3) is 0 Å². The molecular weight excluding hydrogens is 286 g/mol. The maximum absolute atomic E-state index is 12.3. The number of rotatable bonds is 3. The van der Waals surface area contributed by atoms with Crippen LogP contribution in [0.3, 0.4) is 0 Å². The molecule has 2 heterocycles. The van der Waals surface area contributed by atoms with Gasteiger partial charge >= 0.3 is 5.97 Å². The second-order valence-electron chi connectivity index (χ2n) is 5.16. The highest BCUT2D eigenvalue weighted by atomic mass is 32.1. The van der Waals surface area contributed by atoms with E-state index < -0.39 is 5.97 Å². The molecule has 5 heteroatoms. The van der Waals surface area contributed by atoms with Gasteiger partial charge in [-0.3, -0.25) is 4.79 Å². The van der Waals surface area contributed by atoms with Crippen LogP contribution in [0, 0.1) is 0 Å². The van der Waals surface area contributed by atoms with E-state index in [-0.39, 0.29) is 11.5 Å². The van der Waals surface area contributed by atoms with Gasteiger partial charge in [-0.1, -0.05) is 6.07 Å². The van der Waals surface area contributed by atoms with E-state index in [0.29, 0.717) is 19.5 Å². The molecule has 21 heavy (non-hydrogen) atoms. The van der Waals surface area contributed by atoms with E-state index in [1.165, 1.54) is 0 Å². The fourth-order valence-electron chi connectivity index (χ4n) is 2.58. The van der Waals surface area contributed by atoms with E-state index in [1.54, 1.807) is 23.5 Å². The molecule has 0 bridgehead atoms. The van der Waals surface area contributed by atoms with Gasteiger partial charge in [-0.05, 0) is 52.1 Å². The van der Waals surface area contributed by atoms with Gasteiger partial charge in [0.1, 0.15) is 0 Å². The van der Waals surface area contributed by atoms with E-state index >= 15 is 0 Å². The number of hydrogen-bond donors (Lipinski definition) is 1. The van der Waals surface area contributed by atoms with Gasteiger partial charge in [0.05, 0.1) is 12.0 Å². The Hall–Kier alpha value is -2.14. The summed E-state index contributed by atoms with van der Waals surface area (Å²) in [5.41, 5.74) is 3.40. The van der Waals surface area contributed by atoms with Gasteiger partial charge in [0.15, 0.2) is 0 Å². The van der Waals surface area contributed by atoms with Crippen molar-refractivity contribution in [3.63, 3.8) is 0 Å². The quantitative estimate of drug-likeness (QED) is 0.948. The number of hydrogen-bond acceptors (Lipinski definition) is 3. The Labute approximate surface area is 126 Å². The van der Waals surface area contributed by atoms with Crippen LogP contribution in [-0.4, -0.2) is 28.4 Å². The summed E-state index contributed by atoms with van der Waals surface area (Å²) in [5.74, 6) is -0.834. The largest absolute Gasteiger partial charge is 0.478 e. The second kappa shape index (κ2) is 5.69. The van der Waals surface area contributed by atoms with Crippen molar-refractivity contribution in [3.8, 4) is 0 Å². The normalized spacial score (nSPS) is 13.8. The Kier molecular flexibility index (Phi) is 3.75. The number of carboxylic acids is 1. The minimum absolute atomic E-state index is 0.0970. The molecule has 0 unspecified atom stereocenters. The highest BCUT2D eigenvalue weighted by molar-refractivity contribution is 7.08. The lowest BCUT2D eigenvalue weighted by atomic mass is 9.97. The van der Waals surface area contributed by atoms with Crippen LogP contribution in [0.2, 0.25) is 0 Å². The monoisotopic (exact) mass is 301 g/mol. The van der Waals surface area contributed by atoms with E-state index in [9.17, 15) is 9.59 Å². The molecule has 0 fully saturated rings. The van der Waals surface area contributed by atoms with Gasteiger partial charge in [0, 0.05) is 13.1 Å². The predicted molar refractivity (Wildman–Crippen MR) is 80.5 cm³/mol. The van der Waals surface area contributed by atoms with Crippen molar-refractivity contribution in [3.05, 3.63) is 57.3 Å². The first kappa shape index (κ1) is 13.8. The molecule has 2 aromatic rings. The van der Waals surface area contributed by atoms with Crippen molar-refractivity contribution in [1.29, 1.82) is 0 Å². The maximum Gasteiger partial charge on any atom is 0.335 e. The predicted octanol–water partition coefficient (Wildman–Crippen LogP) is 2.57. The number of amides is 1. The van der Waals surface area contributed by atoms with Gasteiger partial charge in [0.2, 0.25) is 5.91 Å². The molecule has 1 aliphatic rings. The zero-order valence-corrected chi connectivity index (χ0v) is 12.2. The van der Waals surface area contributed by atoms with Crippen LogP contribution in [-0.2, 0) is 24.2 Å². The first-order valence-corrected chi connectivity index (χ1v) is 7.72. The summed E-state index contributed by atoms with van der Waals surface area (Å²) in [7, 11) is 0. The minimum atomic E-state index is -0.931. The molecule has 1 aliphatic heterocycles. The molecule has 0 saturated carbocycles. The molecule has 0 atom stereocenters. The lowest BCUT2D eigenvalue weighted by molar-refractivity contribution is -0.131. The summed E-state index contributed by atoms with van der Waals surface area (Å²) in [6, 6.07) is 7.13. The molecule has 0 aliphatic carbocycles. The summed E-state index contributed by atoms with van der Waals surface area (Å²) < 4.78 is 0. The zero-order chi connectivity index (χ0) is 14.8. The zero-order valence-electron chi connectivity index (χ0n) is 11.4. The highest BCUT2D eigenvalue weighted by Gasteiger charge is 2.21. The molecule has 1 N–H and O–H groups in total. The van der Waals surface area contributed by atoms with Gasteiger partial charge in [-0.2, -0.15) is 11.3 Å². The molecule has 1 amide bonds. The van der Waals surface area contributed by atoms with Gasteiger partial charge in [-0.25, -0.2) is 4.79 Å². The van der Waals surface area contributed by atoms with Crippen molar-refractivity contribution in [1.82, 2.24) is 4.90 Å². The molecule has 0 saturated heterocycles. The molecule has 108 valence electrons. The van der Waals surface area contributed by atoms with Crippen molar-refractivity contribution in [2.24, 2.45) is 0 Å². The smallest absolute Gasteiger partial charge is 0.335 e. The molecule has 1 aromatic carbocycles. The average Bonchev–Trinajstić information content (AvgIpc) is 2.98. The number of carbonyl (C=O) groups is 2. The molecule has 4 nitrogen and oxygen atoms in total. The summed E-state index contributed by atoms with van der Waals surface area (Å²) >= 11 is 1.59. The molecule has 0 radical (unpaired) electrons. The average molecular weight is 301 g/mol. The standard InChI is InChI=1S/C16H15NO3S/c18-15(7-11-4-6-21-10-11)17-5-3-12-1-2-13(16(19)20)8-14(12)9-17/h1-2,4,6,8,10H,3,5,7,9H2,(H,19,20). The van der Waals surface area contributed by atoms with Crippen molar-refractivity contribution in [2.45, 2.75) is 19.4 Å². The van der Waals surface area contributed by atoms with Crippen molar-refractivity contribution < 1.29 is 14.7 Å². The third-order valence-corrected chi connectivity index (χ3v) is 4.49. The van der Waals surface area contributed by atoms with E-state index in [0.717, 1.165) is 23.1 Å². The Morgan fingerprint density at radius 2 is 2.10 bits per heavy atom. The van der Waals surface area contributed by atoms with Gasteiger partial charge < -0.3 is 10.0 Å². The number of thiophene rings is 1. The van der Waals surface area contributed by atoms with Crippen LogP contribution in [0.5, 0.6) is 0 Å². The number of benzene rings is 1. The second-order valence-corrected chi connectivity index (χ2v) is 5.94. The summed E-state index contributed by atoms with van der Waals surface area (Å²) in [4.78, 5) is 25.2. The van der Waals surface area contributed by atoms with Crippen LogP contribution in [0.15, 0.2) is 35.0 Å². The molecule has 3 rings (SSSR count). The topological polar surface area (TPSA) is 57.6 Å². The van der Waals surface area contributed by atoms with E-state index in [2.05, 4.69) is 0 Å². The van der Waals surface area contributed by atoms with Crippen LogP contribution >= 0.6 is 11.3 Å². The van der Waals surface area contributed by atoms with E-state index in [1.807, 2.05) is 27.8 Å². The first-order chi connectivity index (χ1) is 10.1. The number of nitrogens with zero attached hydrogens (tertiary/aromatic N) is 1. The summed E-state index contributed by atoms with van der Waals surface area (Å²) in [6.07, 6.45) is 1.20. The van der Waals surface area contributed by atoms with Gasteiger partial charge in [0.25, 0.3) is 0 Å². The molecule has 1 aromatic heterocycles. The third kappa shape index (κ3) is 2.97. The van der Waals surface area contributed by atoms with Gasteiger partial charge in [-0.15, -0.1) is 0 Å². The number of carbonyl (C=O) groups excluding carboxylic acids is 1. The van der Waals surface area contributed by atoms with Crippen LogP contribution in [0.4, 0.5) is 0 Å². The minimum Gasteiger partial charge on any atom is -0.478 e. The van der Waals surface area contributed by atoms with Crippen LogP contribution < -0.4 is 0 Å². The number of aromatic carboxylic acids is 1. The summed E-state index contributed by atoms with van der Waals surface area (Å²) in [5, 5.41) is 13.0. The van der Waals surface area contributed by atoms with Crippen molar-refractivity contribution in [2.75, 3.05) is 6.54 Å². The maximum atomic E-state index is 12.3. The van der Waals surface area contributed by atoms with Crippen molar-refractivity contribution >= 4 is 23.2 Å². The Balaban J connectivity index is 1.75. The summed E-state index contributed by atoms with van der Waals surface area (Å²) in [6.45, 7) is 1.20. The lowest BCUT2D eigenvalue weighted by Gasteiger charge is -2.29. The third-order valence-electron chi connectivity index (χ3n) is 3.75. The molecule has 0 spiro atoms. The van der Waals surface area contributed by atoms with E-state index in [4.69, 9.17) is 5.11 Å². The Bertz CT molecular complexity index is 679. The highest BCUT2D eigenvalue weighted by Crippen LogP contribution is 2.21. The molecular formula is C16H15NO3S. The first-order valence-electron chi connectivity index (χ1n) is 6.77. The van der Waals surface area contributed by atoms with Crippen LogP contribution in [0.1, 0.15) is 27.0 Å².